The number of likely N-dealkylation sites (tertiary alicyclic amines) is 1. The number of hydrogen-bond donors (Lipinski definition) is 0. The molecule has 2 aliphatic heterocycles. The molecule has 0 N–H and O–H groups in total. The van der Waals surface area contributed by atoms with E-state index in [-0.39, 0.29) is 12.0 Å². The van der Waals surface area contributed by atoms with Crippen LogP contribution in [0.3, 0.4) is 0 Å². The lowest BCUT2D eigenvalue weighted by Gasteiger charge is -2.45. The summed E-state index contributed by atoms with van der Waals surface area (Å²) in [5, 5.41) is 3.95. The number of thioether (sulfide) groups is 1. The third-order valence-electron chi connectivity index (χ3n) is 7.46. The van der Waals surface area contributed by atoms with Crippen molar-refractivity contribution in [2.24, 2.45) is 5.41 Å². The Labute approximate surface area is 169 Å². The minimum Gasteiger partial charge on any atom is -0.300 e. The predicted molar refractivity (Wildman–Crippen MR) is 106 cm³/mol. The fourth-order valence-corrected chi connectivity index (χ4v) is 7.26. The zero-order chi connectivity index (χ0) is 19.4. The molecule has 3 heterocycles. The maximum Gasteiger partial charge on any atom is 0.435 e. The molecule has 2 aliphatic carbocycles. The summed E-state index contributed by atoms with van der Waals surface area (Å²) in [5.74, 6) is 2.87. The van der Waals surface area contributed by atoms with Gasteiger partial charge in [-0.1, -0.05) is 0 Å². The van der Waals surface area contributed by atoms with Gasteiger partial charge < -0.3 is 0 Å². The van der Waals surface area contributed by atoms with Crippen molar-refractivity contribution in [3.05, 3.63) is 17.5 Å². The zero-order valence-electron chi connectivity index (χ0n) is 16.4. The molecule has 0 bridgehead atoms. The van der Waals surface area contributed by atoms with Gasteiger partial charge in [-0.3, -0.25) is 9.58 Å². The van der Waals surface area contributed by atoms with Crippen LogP contribution in [-0.4, -0.2) is 45.3 Å². The van der Waals surface area contributed by atoms with E-state index in [1.54, 1.807) is 4.68 Å². The molecule has 4 aliphatic rings. The largest absolute Gasteiger partial charge is 0.435 e. The Morgan fingerprint density at radius 2 is 1.79 bits per heavy atom. The Hall–Kier alpha value is -0.690. The number of halogens is 3. The summed E-state index contributed by atoms with van der Waals surface area (Å²) in [6.45, 7) is 2.45. The van der Waals surface area contributed by atoms with E-state index in [0.29, 0.717) is 11.5 Å². The molecule has 0 unspecified atom stereocenters. The summed E-state index contributed by atoms with van der Waals surface area (Å²) in [5.41, 5.74) is 0.690. The molecule has 1 aromatic rings. The highest BCUT2D eigenvalue weighted by molar-refractivity contribution is 7.99. The molecule has 2 saturated carbocycles. The first-order chi connectivity index (χ1) is 13.4. The lowest BCUT2D eigenvalue weighted by Crippen LogP contribution is -2.49. The van der Waals surface area contributed by atoms with Crippen molar-refractivity contribution in [3.63, 3.8) is 0 Å². The molecule has 1 atom stereocenters. The smallest absolute Gasteiger partial charge is 0.300 e. The Balaban J connectivity index is 1.25. The monoisotopic (exact) mass is 413 g/mol. The van der Waals surface area contributed by atoms with Gasteiger partial charge in [0.2, 0.25) is 0 Å². The molecule has 3 nitrogen and oxygen atoms in total. The Bertz CT molecular complexity index is 698. The number of nitrogens with zero attached hydrogens (tertiary/aromatic N) is 3. The summed E-state index contributed by atoms with van der Waals surface area (Å²) in [7, 11) is 0. The van der Waals surface area contributed by atoms with Crippen LogP contribution in [0.25, 0.3) is 0 Å². The maximum absolute atomic E-state index is 13.2. The number of hydrogen-bond acceptors (Lipinski definition) is 3. The summed E-state index contributed by atoms with van der Waals surface area (Å²) in [4.78, 5) is 2.73. The third-order valence-corrected chi connectivity index (χ3v) is 8.76. The van der Waals surface area contributed by atoms with E-state index in [0.717, 1.165) is 44.2 Å². The highest BCUT2D eigenvalue weighted by Gasteiger charge is 2.42. The van der Waals surface area contributed by atoms with Crippen LogP contribution in [0.2, 0.25) is 0 Å². The standard InChI is InChI=1S/C21H30F3N3S/c22-21(23,24)19-12-18(27(25-19)17-6-7-17)15-2-4-16(5-3-15)26-10-1-8-20(13-26)9-11-28-14-20/h12,15-17H,1-11,13-14H2/t15?,16?,20-/m1/s1. The second-order valence-electron chi connectivity index (χ2n) is 9.51. The maximum atomic E-state index is 13.2. The highest BCUT2D eigenvalue weighted by atomic mass is 32.2. The molecule has 7 heteroatoms. The van der Waals surface area contributed by atoms with E-state index in [1.165, 1.54) is 49.9 Å². The third kappa shape index (κ3) is 3.73. The number of rotatable bonds is 3. The van der Waals surface area contributed by atoms with Crippen molar-refractivity contribution in [1.29, 1.82) is 0 Å². The summed E-state index contributed by atoms with van der Waals surface area (Å²) < 4.78 is 41.3. The van der Waals surface area contributed by atoms with E-state index in [4.69, 9.17) is 0 Å². The molecular formula is C21H30F3N3S. The average Bonchev–Trinajstić information content (AvgIpc) is 3.26. The predicted octanol–water partition coefficient (Wildman–Crippen LogP) is 5.48. The second-order valence-corrected chi connectivity index (χ2v) is 10.6. The van der Waals surface area contributed by atoms with Crippen molar-refractivity contribution < 1.29 is 13.2 Å². The first-order valence-electron chi connectivity index (χ1n) is 10.9. The van der Waals surface area contributed by atoms with Gasteiger partial charge in [0.25, 0.3) is 0 Å². The molecule has 4 fully saturated rings. The lowest BCUT2D eigenvalue weighted by molar-refractivity contribution is -0.141. The van der Waals surface area contributed by atoms with Crippen LogP contribution in [0.5, 0.6) is 0 Å². The fraction of sp³-hybridized carbons (Fsp3) is 0.857. The molecule has 2 saturated heterocycles. The van der Waals surface area contributed by atoms with Gasteiger partial charge in [0, 0.05) is 30.0 Å². The highest BCUT2D eigenvalue weighted by Crippen LogP contribution is 2.46. The van der Waals surface area contributed by atoms with E-state index >= 15 is 0 Å². The van der Waals surface area contributed by atoms with Crippen molar-refractivity contribution in [2.45, 2.75) is 82.0 Å². The summed E-state index contributed by atoms with van der Waals surface area (Å²) in [6, 6.07) is 2.17. The van der Waals surface area contributed by atoms with Crippen LogP contribution in [0.1, 0.15) is 81.1 Å². The molecule has 0 radical (unpaired) electrons. The van der Waals surface area contributed by atoms with Gasteiger partial charge in [0.1, 0.15) is 0 Å². The van der Waals surface area contributed by atoms with Gasteiger partial charge in [-0.15, -0.1) is 0 Å². The molecular weight excluding hydrogens is 383 g/mol. The molecule has 1 spiro atoms. The molecule has 0 aromatic carbocycles. The van der Waals surface area contributed by atoms with Gasteiger partial charge in [-0.05, 0) is 81.6 Å². The van der Waals surface area contributed by atoms with Crippen LogP contribution in [0, 0.1) is 5.41 Å². The summed E-state index contributed by atoms with van der Waals surface area (Å²) >= 11 is 2.11. The van der Waals surface area contributed by atoms with Crippen LogP contribution in [0.4, 0.5) is 13.2 Å². The Morgan fingerprint density at radius 1 is 1.04 bits per heavy atom. The van der Waals surface area contributed by atoms with E-state index in [2.05, 4.69) is 21.8 Å². The minimum atomic E-state index is -4.34. The van der Waals surface area contributed by atoms with E-state index in [9.17, 15) is 13.2 Å². The van der Waals surface area contributed by atoms with Crippen LogP contribution in [-0.2, 0) is 6.18 Å². The second kappa shape index (κ2) is 7.22. The quantitative estimate of drug-likeness (QED) is 0.655. The van der Waals surface area contributed by atoms with Crippen LogP contribution in [0.15, 0.2) is 6.07 Å². The van der Waals surface area contributed by atoms with E-state index in [1.807, 2.05) is 0 Å². The average molecular weight is 414 g/mol. The van der Waals surface area contributed by atoms with Crippen LogP contribution < -0.4 is 0 Å². The van der Waals surface area contributed by atoms with Gasteiger partial charge in [0.15, 0.2) is 5.69 Å². The van der Waals surface area contributed by atoms with Crippen LogP contribution >= 0.6 is 11.8 Å². The Morgan fingerprint density at radius 3 is 2.43 bits per heavy atom. The van der Waals surface area contributed by atoms with Gasteiger partial charge in [-0.2, -0.15) is 30.0 Å². The number of alkyl halides is 3. The van der Waals surface area contributed by atoms with Crippen molar-refractivity contribution >= 4 is 11.8 Å². The fourth-order valence-electron chi connectivity index (χ4n) is 5.73. The normalized spacial score (nSPS) is 35.0. The number of aromatic nitrogens is 2. The first kappa shape index (κ1) is 19.3. The molecule has 28 heavy (non-hydrogen) atoms. The minimum absolute atomic E-state index is 0.200. The SMILES string of the molecule is FC(F)(F)c1cc(C2CCC(N3CCC[C@@]4(CCSC4)C3)CC2)n(C2CC2)n1. The molecule has 156 valence electrons. The molecule has 1 aromatic heterocycles. The van der Waals surface area contributed by atoms with Crippen molar-refractivity contribution in [2.75, 3.05) is 24.6 Å². The lowest BCUT2D eigenvalue weighted by atomic mass is 9.77. The Kier molecular flexibility index (Phi) is 4.97. The number of piperidine rings is 1. The van der Waals surface area contributed by atoms with Crippen molar-refractivity contribution in [1.82, 2.24) is 14.7 Å². The molecule has 0 amide bonds. The topological polar surface area (TPSA) is 21.1 Å². The summed E-state index contributed by atoms with van der Waals surface area (Å²) in [6.07, 6.45) is 5.88. The molecule has 5 rings (SSSR count). The van der Waals surface area contributed by atoms with Gasteiger partial charge >= 0.3 is 6.18 Å². The van der Waals surface area contributed by atoms with Gasteiger partial charge in [0.05, 0.1) is 6.04 Å². The zero-order valence-corrected chi connectivity index (χ0v) is 17.2. The van der Waals surface area contributed by atoms with Crippen molar-refractivity contribution in [3.8, 4) is 0 Å². The van der Waals surface area contributed by atoms with E-state index < -0.39 is 11.9 Å². The van der Waals surface area contributed by atoms with Gasteiger partial charge in [-0.25, -0.2) is 0 Å². The first-order valence-corrected chi connectivity index (χ1v) is 12.1.